The first kappa shape index (κ1) is 13.0. The van der Waals surface area contributed by atoms with E-state index in [1.165, 1.54) is 11.1 Å². The van der Waals surface area contributed by atoms with Gasteiger partial charge >= 0.3 is 0 Å². The second-order valence-corrected chi connectivity index (χ2v) is 5.42. The average Bonchev–Trinajstić information content (AvgIpc) is 2.58. The zero-order valence-electron chi connectivity index (χ0n) is 10.9. The summed E-state index contributed by atoms with van der Waals surface area (Å²) in [6.45, 7) is 14.2. The molecule has 0 saturated heterocycles. The van der Waals surface area contributed by atoms with Crippen LogP contribution >= 0.6 is 0 Å². The molecule has 0 spiro atoms. The fraction of sp³-hybridized carbons (Fsp3) is 0.615. The van der Waals surface area contributed by atoms with Gasteiger partial charge in [0.15, 0.2) is 0 Å². The Labute approximate surface area is 98.5 Å². The van der Waals surface area contributed by atoms with Gasteiger partial charge in [-0.05, 0) is 34.1 Å². The van der Waals surface area contributed by atoms with Gasteiger partial charge in [0.2, 0.25) is 0 Å². The largest absolute Gasteiger partial charge is 0.308 e. The van der Waals surface area contributed by atoms with Crippen molar-refractivity contribution in [3.63, 3.8) is 0 Å². The monoisotopic (exact) mass is 221 g/mol. The van der Waals surface area contributed by atoms with Gasteiger partial charge in [0.1, 0.15) is 0 Å². The van der Waals surface area contributed by atoms with Crippen molar-refractivity contribution in [3.05, 3.63) is 30.1 Å². The Morgan fingerprint density at radius 3 is 2.75 bits per heavy atom. The number of nitrogens with zero attached hydrogens (tertiary/aromatic N) is 2. The highest BCUT2D eigenvalue weighted by Crippen LogP contribution is 2.05. The van der Waals surface area contributed by atoms with Crippen LogP contribution in [0.1, 0.15) is 39.7 Å². The van der Waals surface area contributed by atoms with Crippen LogP contribution in [0.3, 0.4) is 0 Å². The highest BCUT2D eigenvalue weighted by Gasteiger charge is 2.08. The zero-order chi connectivity index (χ0) is 12.2. The van der Waals surface area contributed by atoms with Gasteiger partial charge in [-0.3, -0.25) is 4.68 Å². The van der Waals surface area contributed by atoms with E-state index in [1.807, 2.05) is 17.8 Å². The van der Waals surface area contributed by atoms with Crippen LogP contribution in [-0.4, -0.2) is 15.3 Å². The molecule has 0 radical (unpaired) electrons. The standard InChI is InChI=1S/C13H23N3/c1-11(2)6-7-16-10-12(9-15-16)8-14-13(3,4)5/h9-10,14H,1,6-8H2,2-5H3. The van der Waals surface area contributed by atoms with Gasteiger partial charge in [0.05, 0.1) is 6.20 Å². The van der Waals surface area contributed by atoms with Gasteiger partial charge in [-0.25, -0.2) is 0 Å². The molecule has 0 bridgehead atoms. The van der Waals surface area contributed by atoms with Crippen LogP contribution in [0.2, 0.25) is 0 Å². The van der Waals surface area contributed by atoms with Crippen molar-refractivity contribution in [2.45, 2.75) is 52.7 Å². The molecule has 1 heterocycles. The van der Waals surface area contributed by atoms with Crippen molar-refractivity contribution >= 4 is 0 Å². The van der Waals surface area contributed by atoms with Crippen molar-refractivity contribution in [1.29, 1.82) is 0 Å². The highest BCUT2D eigenvalue weighted by atomic mass is 15.3. The van der Waals surface area contributed by atoms with E-state index in [1.54, 1.807) is 0 Å². The van der Waals surface area contributed by atoms with E-state index in [0.717, 1.165) is 19.5 Å². The second-order valence-electron chi connectivity index (χ2n) is 5.42. The van der Waals surface area contributed by atoms with Crippen LogP contribution in [0, 0.1) is 0 Å². The Bertz CT molecular complexity index is 344. The lowest BCUT2D eigenvalue weighted by atomic mass is 10.1. The third kappa shape index (κ3) is 5.12. The molecule has 90 valence electrons. The fourth-order valence-corrected chi connectivity index (χ4v) is 1.29. The third-order valence-corrected chi connectivity index (χ3v) is 2.28. The number of hydrogen-bond donors (Lipinski definition) is 1. The van der Waals surface area contributed by atoms with Gasteiger partial charge in [-0.1, -0.05) is 5.57 Å². The lowest BCUT2D eigenvalue weighted by Crippen LogP contribution is -2.34. The van der Waals surface area contributed by atoms with Gasteiger partial charge in [0, 0.05) is 30.4 Å². The molecule has 0 atom stereocenters. The number of aryl methyl sites for hydroxylation is 1. The van der Waals surface area contributed by atoms with Crippen molar-refractivity contribution in [2.75, 3.05) is 0 Å². The summed E-state index contributed by atoms with van der Waals surface area (Å²) in [5, 5.41) is 7.77. The van der Waals surface area contributed by atoms with Crippen molar-refractivity contribution in [3.8, 4) is 0 Å². The highest BCUT2D eigenvalue weighted by molar-refractivity contribution is 5.04. The van der Waals surface area contributed by atoms with Gasteiger partial charge in [-0.2, -0.15) is 5.10 Å². The minimum Gasteiger partial charge on any atom is -0.308 e. The summed E-state index contributed by atoms with van der Waals surface area (Å²) in [6, 6.07) is 0. The van der Waals surface area contributed by atoms with E-state index >= 15 is 0 Å². The molecular formula is C13H23N3. The topological polar surface area (TPSA) is 29.9 Å². The van der Waals surface area contributed by atoms with Crippen molar-refractivity contribution in [2.24, 2.45) is 0 Å². The van der Waals surface area contributed by atoms with E-state index in [0.29, 0.717) is 0 Å². The lowest BCUT2D eigenvalue weighted by Gasteiger charge is -2.19. The van der Waals surface area contributed by atoms with E-state index in [2.05, 4.69) is 44.0 Å². The summed E-state index contributed by atoms with van der Waals surface area (Å²) in [7, 11) is 0. The summed E-state index contributed by atoms with van der Waals surface area (Å²) in [5.74, 6) is 0. The number of hydrogen-bond acceptors (Lipinski definition) is 2. The lowest BCUT2D eigenvalue weighted by molar-refractivity contribution is 0.424. The average molecular weight is 221 g/mol. The molecule has 0 aliphatic carbocycles. The van der Waals surface area contributed by atoms with E-state index in [9.17, 15) is 0 Å². The quantitative estimate of drug-likeness (QED) is 0.775. The molecular weight excluding hydrogens is 198 g/mol. The second kappa shape index (κ2) is 5.30. The first-order chi connectivity index (χ1) is 7.37. The Kier molecular flexibility index (Phi) is 4.30. The molecule has 16 heavy (non-hydrogen) atoms. The molecule has 0 aliphatic rings. The van der Waals surface area contributed by atoms with Crippen molar-refractivity contribution < 1.29 is 0 Å². The molecule has 0 amide bonds. The molecule has 0 saturated carbocycles. The van der Waals surface area contributed by atoms with Gasteiger partial charge in [-0.15, -0.1) is 6.58 Å². The van der Waals surface area contributed by atoms with Crippen LogP contribution in [0.15, 0.2) is 24.5 Å². The fourth-order valence-electron chi connectivity index (χ4n) is 1.29. The van der Waals surface area contributed by atoms with E-state index in [-0.39, 0.29) is 5.54 Å². The molecule has 3 nitrogen and oxygen atoms in total. The first-order valence-corrected chi connectivity index (χ1v) is 5.77. The van der Waals surface area contributed by atoms with E-state index < -0.39 is 0 Å². The number of rotatable bonds is 5. The zero-order valence-corrected chi connectivity index (χ0v) is 10.9. The molecule has 1 aromatic heterocycles. The number of aromatic nitrogens is 2. The summed E-state index contributed by atoms with van der Waals surface area (Å²) in [5.41, 5.74) is 2.58. The SMILES string of the molecule is C=C(C)CCn1cc(CNC(C)(C)C)cn1. The molecule has 0 unspecified atom stereocenters. The number of nitrogens with one attached hydrogen (secondary N) is 1. The normalized spacial score (nSPS) is 11.8. The molecule has 3 heteroatoms. The van der Waals surface area contributed by atoms with Gasteiger partial charge < -0.3 is 5.32 Å². The Hall–Kier alpha value is -1.09. The maximum Gasteiger partial charge on any atom is 0.0534 e. The van der Waals surface area contributed by atoms with Crippen LogP contribution in [0.5, 0.6) is 0 Å². The Balaban J connectivity index is 2.42. The first-order valence-electron chi connectivity index (χ1n) is 5.77. The molecule has 0 fully saturated rings. The predicted octanol–water partition coefficient (Wildman–Crippen LogP) is 2.74. The number of allylic oxidation sites excluding steroid dienone is 1. The van der Waals surface area contributed by atoms with Crippen LogP contribution in [0.4, 0.5) is 0 Å². The van der Waals surface area contributed by atoms with Crippen molar-refractivity contribution in [1.82, 2.24) is 15.1 Å². The van der Waals surface area contributed by atoms with Crippen LogP contribution in [-0.2, 0) is 13.1 Å². The minimum atomic E-state index is 0.153. The smallest absolute Gasteiger partial charge is 0.0534 e. The molecule has 1 rings (SSSR count). The predicted molar refractivity (Wildman–Crippen MR) is 68.3 cm³/mol. The summed E-state index contributed by atoms with van der Waals surface area (Å²) < 4.78 is 1.98. The molecule has 1 N–H and O–H groups in total. The Morgan fingerprint density at radius 1 is 1.50 bits per heavy atom. The summed E-state index contributed by atoms with van der Waals surface area (Å²) in [6.07, 6.45) is 5.02. The minimum absolute atomic E-state index is 0.153. The maximum atomic E-state index is 4.32. The summed E-state index contributed by atoms with van der Waals surface area (Å²) >= 11 is 0. The molecule has 0 aromatic carbocycles. The Morgan fingerprint density at radius 2 is 2.19 bits per heavy atom. The molecule has 1 aromatic rings. The summed E-state index contributed by atoms with van der Waals surface area (Å²) in [4.78, 5) is 0. The van der Waals surface area contributed by atoms with Crippen LogP contribution < -0.4 is 5.32 Å². The molecule has 0 aliphatic heterocycles. The van der Waals surface area contributed by atoms with Crippen LogP contribution in [0.25, 0.3) is 0 Å². The third-order valence-electron chi connectivity index (χ3n) is 2.28. The maximum absolute atomic E-state index is 4.32. The van der Waals surface area contributed by atoms with Gasteiger partial charge in [0.25, 0.3) is 0 Å². The van der Waals surface area contributed by atoms with E-state index in [4.69, 9.17) is 0 Å².